The molecule has 0 amide bonds. The summed E-state index contributed by atoms with van der Waals surface area (Å²) in [6, 6.07) is 7.29. The zero-order chi connectivity index (χ0) is 19.2. The average Bonchev–Trinajstić information content (AvgIpc) is 3.39. The van der Waals surface area contributed by atoms with Crippen LogP contribution < -0.4 is 10.6 Å². The number of ether oxygens (including phenoxy) is 1. The predicted molar refractivity (Wildman–Crippen MR) is 108 cm³/mol. The van der Waals surface area contributed by atoms with Gasteiger partial charge >= 0.3 is 0 Å². The zero-order valence-corrected chi connectivity index (χ0v) is 16.7. The Labute approximate surface area is 162 Å². The third kappa shape index (κ3) is 5.91. The summed E-state index contributed by atoms with van der Waals surface area (Å²) >= 11 is 0. The molecule has 0 spiro atoms. The van der Waals surface area contributed by atoms with Crippen LogP contribution >= 0.6 is 0 Å². The number of halogens is 1. The lowest BCUT2D eigenvalue weighted by atomic mass is 10.1. The van der Waals surface area contributed by atoms with E-state index < -0.39 is 0 Å². The summed E-state index contributed by atoms with van der Waals surface area (Å²) < 4.78 is 19.9. The minimum Gasteiger partial charge on any atom is -0.374 e. The Kier molecular flexibility index (Phi) is 7.07. The van der Waals surface area contributed by atoms with Crippen LogP contribution in [0, 0.1) is 11.7 Å². The SMILES string of the molecule is CCNC(=NCC1CN(CC(C)C)CCO1)NC1CC1c1ccccc1F. The molecule has 1 saturated heterocycles. The molecule has 1 aromatic rings. The van der Waals surface area contributed by atoms with E-state index in [0.29, 0.717) is 12.5 Å². The number of benzene rings is 1. The highest BCUT2D eigenvalue weighted by molar-refractivity contribution is 5.80. The summed E-state index contributed by atoms with van der Waals surface area (Å²) in [7, 11) is 0. The maximum absolute atomic E-state index is 14.0. The normalized spacial score (nSPS) is 26.3. The predicted octanol–water partition coefficient (Wildman–Crippen LogP) is 2.59. The van der Waals surface area contributed by atoms with Crippen molar-refractivity contribution in [2.75, 3.05) is 39.3 Å². The Balaban J connectivity index is 1.52. The van der Waals surface area contributed by atoms with Crippen LogP contribution in [0.5, 0.6) is 0 Å². The lowest BCUT2D eigenvalue weighted by molar-refractivity contribution is -0.0261. The molecule has 1 saturated carbocycles. The second kappa shape index (κ2) is 9.51. The molecule has 0 radical (unpaired) electrons. The van der Waals surface area contributed by atoms with Crippen LogP contribution in [0.3, 0.4) is 0 Å². The molecule has 6 heteroatoms. The van der Waals surface area contributed by atoms with E-state index >= 15 is 0 Å². The highest BCUT2D eigenvalue weighted by Gasteiger charge is 2.40. The van der Waals surface area contributed by atoms with Gasteiger partial charge in [0.2, 0.25) is 0 Å². The molecule has 1 aromatic carbocycles. The van der Waals surface area contributed by atoms with Gasteiger partial charge < -0.3 is 15.4 Å². The van der Waals surface area contributed by atoms with Crippen molar-refractivity contribution in [3.63, 3.8) is 0 Å². The van der Waals surface area contributed by atoms with Crippen molar-refractivity contribution in [1.82, 2.24) is 15.5 Å². The summed E-state index contributed by atoms with van der Waals surface area (Å²) in [4.78, 5) is 7.19. The van der Waals surface area contributed by atoms with Gasteiger partial charge in [-0.05, 0) is 30.9 Å². The molecule has 3 rings (SSSR count). The number of guanidine groups is 1. The molecular formula is C21H33FN4O. The van der Waals surface area contributed by atoms with Gasteiger partial charge in [-0.3, -0.25) is 9.89 Å². The summed E-state index contributed by atoms with van der Waals surface area (Å²) in [5, 5.41) is 6.75. The Morgan fingerprint density at radius 2 is 2.19 bits per heavy atom. The Hall–Kier alpha value is -1.66. The smallest absolute Gasteiger partial charge is 0.191 e. The molecule has 2 N–H and O–H groups in total. The van der Waals surface area contributed by atoms with E-state index in [-0.39, 0.29) is 23.9 Å². The highest BCUT2D eigenvalue weighted by Crippen LogP contribution is 2.41. The van der Waals surface area contributed by atoms with Gasteiger partial charge in [-0.2, -0.15) is 0 Å². The lowest BCUT2D eigenvalue weighted by Crippen LogP contribution is -2.46. The van der Waals surface area contributed by atoms with Gasteiger partial charge in [-0.1, -0.05) is 32.0 Å². The first-order valence-corrected chi connectivity index (χ1v) is 10.2. The number of aliphatic imine (C=N–C) groups is 1. The van der Waals surface area contributed by atoms with Crippen molar-refractivity contribution in [3.05, 3.63) is 35.6 Å². The monoisotopic (exact) mass is 376 g/mol. The number of nitrogens with one attached hydrogen (secondary N) is 2. The molecule has 3 atom stereocenters. The maximum Gasteiger partial charge on any atom is 0.191 e. The van der Waals surface area contributed by atoms with Gasteiger partial charge in [0.15, 0.2) is 5.96 Å². The molecule has 5 nitrogen and oxygen atoms in total. The van der Waals surface area contributed by atoms with Gasteiger partial charge in [-0.25, -0.2) is 4.39 Å². The third-order valence-electron chi connectivity index (χ3n) is 5.06. The van der Waals surface area contributed by atoms with Crippen LogP contribution in [0.4, 0.5) is 4.39 Å². The van der Waals surface area contributed by atoms with Crippen molar-refractivity contribution in [2.24, 2.45) is 10.9 Å². The average molecular weight is 377 g/mol. The van der Waals surface area contributed by atoms with E-state index in [0.717, 1.165) is 50.7 Å². The van der Waals surface area contributed by atoms with Gasteiger partial charge in [0.25, 0.3) is 0 Å². The highest BCUT2D eigenvalue weighted by atomic mass is 19.1. The van der Waals surface area contributed by atoms with E-state index in [1.165, 1.54) is 6.07 Å². The largest absolute Gasteiger partial charge is 0.374 e. The molecule has 0 bridgehead atoms. The molecule has 2 fully saturated rings. The Morgan fingerprint density at radius 3 is 2.93 bits per heavy atom. The van der Waals surface area contributed by atoms with Gasteiger partial charge in [0.05, 0.1) is 19.3 Å². The molecular weight excluding hydrogens is 343 g/mol. The zero-order valence-electron chi connectivity index (χ0n) is 16.7. The number of hydrogen-bond acceptors (Lipinski definition) is 3. The van der Waals surface area contributed by atoms with Crippen molar-refractivity contribution in [1.29, 1.82) is 0 Å². The van der Waals surface area contributed by atoms with Gasteiger partial charge in [0.1, 0.15) is 5.82 Å². The van der Waals surface area contributed by atoms with E-state index in [4.69, 9.17) is 9.73 Å². The van der Waals surface area contributed by atoms with E-state index in [1.807, 2.05) is 12.1 Å². The van der Waals surface area contributed by atoms with Crippen LogP contribution in [0.15, 0.2) is 29.3 Å². The molecule has 1 aliphatic carbocycles. The minimum atomic E-state index is -0.116. The van der Waals surface area contributed by atoms with Crippen molar-refractivity contribution in [2.45, 2.75) is 45.3 Å². The summed E-state index contributed by atoms with van der Waals surface area (Å²) in [6.45, 7) is 11.8. The first-order chi connectivity index (χ1) is 13.1. The summed E-state index contributed by atoms with van der Waals surface area (Å²) in [5.74, 6) is 1.57. The van der Waals surface area contributed by atoms with Crippen molar-refractivity contribution in [3.8, 4) is 0 Å². The first-order valence-electron chi connectivity index (χ1n) is 10.2. The first kappa shape index (κ1) is 20.1. The molecule has 27 heavy (non-hydrogen) atoms. The van der Waals surface area contributed by atoms with Crippen LogP contribution in [-0.2, 0) is 4.74 Å². The molecule has 150 valence electrons. The number of morpholine rings is 1. The van der Waals surface area contributed by atoms with Gasteiger partial charge in [0, 0.05) is 38.1 Å². The van der Waals surface area contributed by atoms with E-state index in [1.54, 1.807) is 6.07 Å². The lowest BCUT2D eigenvalue weighted by Gasteiger charge is -2.33. The number of hydrogen-bond donors (Lipinski definition) is 2. The topological polar surface area (TPSA) is 48.9 Å². The van der Waals surface area contributed by atoms with Crippen LogP contribution in [0.1, 0.15) is 38.7 Å². The Morgan fingerprint density at radius 1 is 1.37 bits per heavy atom. The van der Waals surface area contributed by atoms with Crippen molar-refractivity contribution >= 4 is 5.96 Å². The summed E-state index contributed by atoms with van der Waals surface area (Å²) in [5.41, 5.74) is 0.797. The summed E-state index contributed by atoms with van der Waals surface area (Å²) in [6.07, 6.45) is 1.07. The number of nitrogens with zero attached hydrogens (tertiary/aromatic N) is 2. The maximum atomic E-state index is 14.0. The quantitative estimate of drug-likeness (QED) is 0.567. The molecule has 3 unspecified atom stereocenters. The van der Waals surface area contributed by atoms with E-state index in [9.17, 15) is 4.39 Å². The van der Waals surface area contributed by atoms with E-state index in [2.05, 4.69) is 36.3 Å². The molecule has 1 aliphatic heterocycles. The van der Waals surface area contributed by atoms with Crippen LogP contribution in [0.25, 0.3) is 0 Å². The Bertz CT molecular complexity index is 636. The fourth-order valence-electron chi connectivity index (χ4n) is 3.74. The second-order valence-corrected chi connectivity index (χ2v) is 7.98. The molecule has 1 heterocycles. The van der Waals surface area contributed by atoms with Crippen LogP contribution in [-0.4, -0.2) is 62.3 Å². The standard InChI is InChI=1S/C21H33FN4O/c1-4-23-21(24-12-16-14-26(9-10-27-16)13-15(2)3)25-20-11-18(20)17-7-5-6-8-19(17)22/h5-8,15-16,18,20H,4,9-14H2,1-3H3,(H2,23,24,25). The minimum absolute atomic E-state index is 0.116. The molecule has 2 aliphatic rings. The fraction of sp³-hybridized carbons (Fsp3) is 0.667. The fourth-order valence-corrected chi connectivity index (χ4v) is 3.74. The van der Waals surface area contributed by atoms with Crippen molar-refractivity contribution < 1.29 is 9.13 Å². The molecule has 0 aromatic heterocycles. The number of rotatable bonds is 7. The van der Waals surface area contributed by atoms with Gasteiger partial charge in [-0.15, -0.1) is 0 Å². The second-order valence-electron chi connectivity index (χ2n) is 7.98. The third-order valence-corrected chi connectivity index (χ3v) is 5.06. The van der Waals surface area contributed by atoms with Crippen LogP contribution in [0.2, 0.25) is 0 Å².